The lowest BCUT2D eigenvalue weighted by Crippen LogP contribution is -2.50. The van der Waals surface area contributed by atoms with E-state index in [1.165, 1.54) is 55.0 Å². The SMILES string of the molecule is C1CC[N+]2(C1)CCSCC2. The Balaban J connectivity index is 1.98. The summed E-state index contributed by atoms with van der Waals surface area (Å²) in [7, 11) is 0. The van der Waals surface area contributed by atoms with Crippen molar-refractivity contribution in [1.29, 1.82) is 0 Å². The van der Waals surface area contributed by atoms with Crippen LogP contribution in [0.5, 0.6) is 0 Å². The van der Waals surface area contributed by atoms with Gasteiger partial charge in [0, 0.05) is 24.3 Å². The zero-order valence-corrected chi connectivity index (χ0v) is 7.33. The average molecular weight is 158 g/mol. The first-order valence-electron chi connectivity index (χ1n) is 4.34. The maximum atomic E-state index is 2.14. The van der Waals surface area contributed by atoms with Gasteiger partial charge in [-0.3, -0.25) is 0 Å². The third-order valence-electron chi connectivity index (χ3n) is 2.93. The van der Waals surface area contributed by atoms with E-state index in [0.29, 0.717) is 0 Å². The summed E-state index contributed by atoms with van der Waals surface area (Å²) in [6, 6.07) is 0. The first-order chi connectivity index (χ1) is 4.91. The van der Waals surface area contributed by atoms with Crippen molar-refractivity contribution in [2.45, 2.75) is 12.8 Å². The molecular formula is C8H16NS+. The number of hydrogen-bond donors (Lipinski definition) is 0. The quantitative estimate of drug-likeness (QED) is 0.479. The number of hydrogen-bond acceptors (Lipinski definition) is 1. The van der Waals surface area contributed by atoms with Crippen molar-refractivity contribution < 1.29 is 4.48 Å². The van der Waals surface area contributed by atoms with Crippen LogP contribution in [-0.4, -0.2) is 42.2 Å². The fourth-order valence-electron chi connectivity index (χ4n) is 2.18. The second-order valence-corrected chi connectivity index (χ2v) is 4.78. The molecular weight excluding hydrogens is 142 g/mol. The molecule has 1 nitrogen and oxygen atoms in total. The molecule has 0 amide bonds. The Bertz CT molecular complexity index is 110. The van der Waals surface area contributed by atoms with Gasteiger partial charge in [0.15, 0.2) is 0 Å². The molecule has 0 unspecified atom stereocenters. The van der Waals surface area contributed by atoms with E-state index in [1.807, 2.05) is 0 Å². The predicted octanol–water partition coefficient (Wildman–Crippen LogP) is 1.34. The summed E-state index contributed by atoms with van der Waals surface area (Å²) in [5.74, 6) is 2.83. The van der Waals surface area contributed by atoms with Crippen molar-refractivity contribution in [2.75, 3.05) is 37.7 Å². The predicted molar refractivity (Wildman–Crippen MR) is 46.3 cm³/mol. The Labute approximate surface area is 67.4 Å². The lowest BCUT2D eigenvalue weighted by atomic mass is 10.4. The molecule has 2 saturated heterocycles. The van der Waals surface area contributed by atoms with Gasteiger partial charge in [0.05, 0.1) is 26.2 Å². The Morgan fingerprint density at radius 1 is 0.800 bits per heavy atom. The second-order valence-electron chi connectivity index (χ2n) is 3.56. The van der Waals surface area contributed by atoms with Gasteiger partial charge in [-0.05, 0) is 0 Å². The van der Waals surface area contributed by atoms with Crippen LogP contribution in [0.25, 0.3) is 0 Å². The molecule has 0 saturated carbocycles. The van der Waals surface area contributed by atoms with Crippen LogP contribution < -0.4 is 0 Å². The van der Waals surface area contributed by atoms with Gasteiger partial charge >= 0.3 is 0 Å². The molecule has 2 fully saturated rings. The van der Waals surface area contributed by atoms with Gasteiger partial charge in [-0.15, -0.1) is 0 Å². The van der Waals surface area contributed by atoms with Crippen molar-refractivity contribution in [3.8, 4) is 0 Å². The number of rotatable bonds is 0. The Morgan fingerprint density at radius 2 is 1.40 bits per heavy atom. The molecule has 2 heteroatoms. The van der Waals surface area contributed by atoms with Crippen molar-refractivity contribution in [1.82, 2.24) is 0 Å². The largest absolute Gasteiger partial charge is 0.322 e. The molecule has 0 radical (unpaired) electrons. The van der Waals surface area contributed by atoms with Crippen molar-refractivity contribution in [3.05, 3.63) is 0 Å². The van der Waals surface area contributed by atoms with Gasteiger partial charge in [-0.25, -0.2) is 0 Å². The molecule has 0 bridgehead atoms. The van der Waals surface area contributed by atoms with Gasteiger partial charge in [-0.1, -0.05) is 0 Å². The highest BCUT2D eigenvalue weighted by molar-refractivity contribution is 7.99. The van der Waals surface area contributed by atoms with E-state index in [4.69, 9.17) is 0 Å². The average Bonchev–Trinajstić information content (AvgIpc) is 2.39. The van der Waals surface area contributed by atoms with E-state index in [0.717, 1.165) is 0 Å². The molecule has 2 aliphatic heterocycles. The van der Waals surface area contributed by atoms with Crippen LogP contribution in [0.15, 0.2) is 0 Å². The van der Waals surface area contributed by atoms with Crippen molar-refractivity contribution in [2.24, 2.45) is 0 Å². The smallest absolute Gasteiger partial charge is 0.0878 e. The summed E-state index contributed by atoms with van der Waals surface area (Å²) in [6.45, 7) is 5.90. The first-order valence-corrected chi connectivity index (χ1v) is 5.50. The van der Waals surface area contributed by atoms with Crippen LogP contribution >= 0.6 is 11.8 Å². The Morgan fingerprint density at radius 3 is 2.00 bits per heavy atom. The van der Waals surface area contributed by atoms with E-state index in [1.54, 1.807) is 0 Å². The highest BCUT2D eigenvalue weighted by Gasteiger charge is 2.32. The highest BCUT2D eigenvalue weighted by Crippen LogP contribution is 2.24. The Hall–Kier alpha value is 0.310. The first kappa shape index (κ1) is 6.99. The molecule has 0 aromatic heterocycles. The summed E-state index contributed by atoms with van der Waals surface area (Å²) in [6.07, 6.45) is 2.98. The number of thioether (sulfide) groups is 1. The molecule has 1 spiro atoms. The summed E-state index contributed by atoms with van der Waals surface area (Å²) >= 11 is 2.14. The van der Waals surface area contributed by atoms with E-state index in [9.17, 15) is 0 Å². The molecule has 2 rings (SSSR count). The molecule has 10 heavy (non-hydrogen) atoms. The molecule has 2 heterocycles. The van der Waals surface area contributed by atoms with Gasteiger partial charge in [-0.2, -0.15) is 11.8 Å². The molecule has 0 aliphatic carbocycles. The zero-order valence-electron chi connectivity index (χ0n) is 6.51. The van der Waals surface area contributed by atoms with Gasteiger partial charge < -0.3 is 4.48 Å². The van der Waals surface area contributed by atoms with Gasteiger partial charge in [0.25, 0.3) is 0 Å². The van der Waals surface area contributed by atoms with Gasteiger partial charge in [0.1, 0.15) is 0 Å². The fourth-order valence-corrected chi connectivity index (χ4v) is 3.42. The zero-order chi connectivity index (χ0) is 6.86. The maximum absolute atomic E-state index is 2.14. The molecule has 58 valence electrons. The maximum Gasteiger partial charge on any atom is 0.0878 e. The van der Waals surface area contributed by atoms with E-state index in [2.05, 4.69) is 11.8 Å². The van der Waals surface area contributed by atoms with Crippen LogP contribution in [0.1, 0.15) is 12.8 Å². The third-order valence-corrected chi connectivity index (χ3v) is 3.88. The highest BCUT2D eigenvalue weighted by atomic mass is 32.2. The van der Waals surface area contributed by atoms with Crippen LogP contribution in [0, 0.1) is 0 Å². The monoisotopic (exact) mass is 158 g/mol. The standard InChI is InChI=1S/C8H16NS/c1-2-4-9(3-1)5-7-10-8-6-9/h1-8H2/q+1. The van der Waals surface area contributed by atoms with E-state index < -0.39 is 0 Å². The van der Waals surface area contributed by atoms with E-state index >= 15 is 0 Å². The van der Waals surface area contributed by atoms with Crippen LogP contribution in [0.2, 0.25) is 0 Å². The minimum absolute atomic E-state index is 1.42. The van der Waals surface area contributed by atoms with Gasteiger partial charge in [0.2, 0.25) is 0 Å². The summed E-state index contributed by atoms with van der Waals surface area (Å²) in [5.41, 5.74) is 0. The van der Waals surface area contributed by atoms with Crippen molar-refractivity contribution >= 4 is 11.8 Å². The second kappa shape index (κ2) is 2.74. The molecule has 0 atom stereocenters. The third kappa shape index (κ3) is 1.19. The number of nitrogens with zero attached hydrogens (tertiary/aromatic N) is 1. The lowest BCUT2D eigenvalue weighted by molar-refractivity contribution is -0.913. The number of quaternary nitrogens is 1. The van der Waals surface area contributed by atoms with E-state index in [-0.39, 0.29) is 0 Å². The minimum Gasteiger partial charge on any atom is -0.322 e. The summed E-state index contributed by atoms with van der Waals surface area (Å²) in [4.78, 5) is 0. The minimum atomic E-state index is 1.42. The van der Waals surface area contributed by atoms with Crippen LogP contribution in [-0.2, 0) is 0 Å². The molecule has 0 aromatic rings. The van der Waals surface area contributed by atoms with Crippen LogP contribution in [0.3, 0.4) is 0 Å². The van der Waals surface area contributed by atoms with Crippen molar-refractivity contribution in [3.63, 3.8) is 0 Å². The molecule has 0 N–H and O–H groups in total. The topological polar surface area (TPSA) is 0 Å². The lowest BCUT2D eigenvalue weighted by Gasteiger charge is -2.37. The summed E-state index contributed by atoms with van der Waals surface area (Å²) in [5, 5.41) is 0. The summed E-state index contributed by atoms with van der Waals surface area (Å²) < 4.78 is 1.48. The Kier molecular flexibility index (Phi) is 1.92. The normalized spacial score (nSPS) is 31.2. The molecule has 2 aliphatic rings. The molecule has 0 aromatic carbocycles. The fraction of sp³-hybridized carbons (Fsp3) is 1.00. The van der Waals surface area contributed by atoms with Crippen LogP contribution in [0.4, 0.5) is 0 Å².